The molecule has 3 heterocycles. The number of aromatic amines is 1. The molecule has 2 aromatic carbocycles. The monoisotopic (exact) mass is 479 g/mol. The lowest BCUT2D eigenvalue weighted by Gasteiger charge is -2.09. The lowest BCUT2D eigenvalue weighted by Crippen LogP contribution is -2.26. The SMILES string of the molecule is CCCc1c(C)n(CCc2ccccc2)c(=O)n1Cc1ccc(-c2ccccc2-c2nn[nH]n2)cn1. The fourth-order valence-electron chi connectivity index (χ4n) is 4.67. The Kier molecular flexibility index (Phi) is 6.84. The first kappa shape index (κ1) is 23.4. The number of imidazole rings is 1. The summed E-state index contributed by atoms with van der Waals surface area (Å²) in [6.45, 7) is 5.31. The summed E-state index contributed by atoms with van der Waals surface area (Å²) in [5.41, 5.74) is 7.05. The van der Waals surface area contributed by atoms with E-state index < -0.39 is 0 Å². The molecule has 3 aromatic heterocycles. The number of aromatic nitrogens is 7. The summed E-state index contributed by atoms with van der Waals surface area (Å²) in [6.07, 6.45) is 4.50. The maximum absolute atomic E-state index is 13.5. The molecule has 5 aromatic rings. The predicted octanol–water partition coefficient (Wildman–Crippen LogP) is 4.44. The number of H-pyrrole nitrogens is 1. The fraction of sp³-hybridized carbons (Fsp3) is 0.250. The van der Waals surface area contributed by atoms with Crippen LogP contribution in [0.4, 0.5) is 0 Å². The molecule has 0 amide bonds. The molecule has 0 bridgehead atoms. The van der Waals surface area contributed by atoms with Crippen molar-refractivity contribution in [3.63, 3.8) is 0 Å². The lowest BCUT2D eigenvalue weighted by atomic mass is 10.0. The zero-order valence-electron chi connectivity index (χ0n) is 20.6. The molecule has 0 atom stereocenters. The van der Waals surface area contributed by atoms with E-state index in [2.05, 4.69) is 46.6 Å². The first-order chi connectivity index (χ1) is 17.7. The highest BCUT2D eigenvalue weighted by Gasteiger charge is 2.17. The highest BCUT2D eigenvalue weighted by molar-refractivity contribution is 5.79. The highest BCUT2D eigenvalue weighted by atomic mass is 16.1. The van der Waals surface area contributed by atoms with Gasteiger partial charge >= 0.3 is 5.69 Å². The first-order valence-electron chi connectivity index (χ1n) is 12.3. The number of aryl methyl sites for hydroxylation is 1. The average Bonchev–Trinajstić information content (AvgIpc) is 3.53. The van der Waals surface area contributed by atoms with Crippen LogP contribution in [-0.2, 0) is 25.9 Å². The molecule has 0 spiro atoms. The first-order valence-corrected chi connectivity index (χ1v) is 12.3. The molecule has 0 fully saturated rings. The number of pyridine rings is 1. The minimum absolute atomic E-state index is 0.0280. The highest BCUT2D eigenvalue weighted by Crippen LogP contribution is 2.29. The van der Waals surface area contributed by atoms with Gasteiger partial charge in [-0.25, -0.2) is 4.79 Å². The average molecular weight is 480 g/mol. The summed E-state index contributed by atoms with van der Waals surface area (Å²) in [7, 11) is 0. The number of benzene rings is 2. The quantitative estimate of drug-likeness (QED) is 0.337. The molecule has 0 aliphatic carbocycles. The summed E-state index contributed by atoms with van der Waals surface area (Å²) < 4.78 is 3.80. The van der Waals surface area contributed by atoms with Crippen LogP contribution >= 0.6 is 0 Å². The van der Waals surface area contributed by atoms with Crippen LogP contribution in [0.25, 0.3) is 22.5 Å². The van der Waals surface area contributed by atoms with Crippen molar-refractivity contribution in [2.45, 2.75) is 46.2 Å². The third kappa shape index (κ3) is 4.75. The smallest absolute Gasteiger partial charge is 0.296 e. The van der Waals surface area contributed by atoms with Crippen molar-refractivity contribution in [3.8, 4) is 22.5 Å². The van der Waals surface area contributed by atoms with Crippen LogP contribution in [0, 0.1) is 6.92 Å². The van der Waals surface area contributed by atoms with Crippen molar-refractivity contribution in [3.05, 3.63) is 106 Å². The van der Waals surface area contributed by atoms with Crippen LogP contribution in [0.1, 0.15) is 36.0 Å². The molecule has 0 aliphatic rings. The van der Waals surface area contributed by atoms with Crippen LogP contribution in [0.2, 0.25) is 0 Å². The van der Waals surface area contributed by atoms with Crippen molar-refractivity contribution in [2.24, 2.45) is 0 Å². The molecule has 8 nitrogen and oxygen atoms in total. The van der Waals surface area contributed by atoms with Crippen molar-refractivity contribution in [1.29, 1.82) is 0 Å². The third-order valence-electron chi connectivity index (χ3n) is 6.53. The van der Waals surface area contributed by atoms with E-state index in [1.54, 1.807) is 0 Å². The second-order valence-electron chi connectivity index (χ2n) is 8.86. The van der Waals surface area contributed by atoms with Crippen LogP contribution in [0.3, 0.4) is 0 Å². The van der Waals surface area contributed by atoms with Gasteiger partial charge in [0.1, 0.15) is 0 Å². The van der Waals surface area contributed by atoms with E-state index in [-0.39, 0.29) is 5.69 Å². The summed E-state index contributed by atoms with van der Waals surface area (Å²) in [5.74, 6) is 0.540. The van der Waals surface area contributed by atoms with Crippen molar-refractivity contribution < 1.29 is 0 Å². The van der Waals surface area contributed by atoms with Gasteiger partial charge in [0.15, 0.2) is 0 Å². The molecule has 0 saturated carbocycles. The standard InChI is InChI=1S/C28H29N7O/c1-3-9-26-20(2)34(17-16-21-10-5-4-6-11-21)28(36)35(26)19-23-15-14-22(18-29-23)24-12-7-8-13-25(24)27-30-32-33-31-27/h4-8,10-15,18H,3,9,16-17,19H2,1-2H3,(H,30,31,32,33). The second kappa shape index (κ2) is 10.5. The number of rotatable bonds is 9. The van der Waals surface area contributed by atoms with E-state index in [1.807, 2.05) is 69.9 Å². The Morgan fingerprint density at radius 1 is 0.889 bits per heavy atom. The fourth-order valence-corrected chi connectivity index (χ4v) is 4.67. The van der Waals surface area contributed by atoms with Crippen molar-refractivity contribution in [1.82, 2.24) is 34.7 Å². The summed E-state index contributed by atoms with van der Waals surface area (Å²) >= 11 is 0. The zero-order chi connectivity index (χ0) is 24.9. The van der Waals surface area contributed by atoms with Gasteiger partial charge in [-0.2, -0.15) is 5.21 Å². The maximum Gasteiger partial charge on any atom is 0.328 e. The van der Waals surface area contributed by atoms with Gasteiger partial charge < -0.3 is 0 Å². The second-order valence-corrected chi connectivity index (χ2v) is 8.86. The number of nitrogens with one attached hydrogen (secondary N) is 1. The zero-order valence-corrected chi connectivity index (χ0v) is 20.6. The topological polar surface area (TPSA) is 94.3 Å². The van der Waals surface area contributed by atoms with Crippen LogP contribution in [0.15, 0.2) is 77.7 Å². The van der Waals surface area contributed by atoms with Gasteiger partial charge in [-0.3, -0.25) is 14.1 Å². The minimum Gasteiger partial charge on any atom is -0.296 e. The van der Waals surface area contributed by atoms with Gasteiger partial charge in [0.25, 0.3) is 0 Å². The molecule has 182 valence electrons. The van der Waals surface area contributed by atoms with E-state index in [1.165, 1.54) is 5.56 Å². The van der Waals surface area contributed by atoms with Gasteiger partial charge in [-0.05, 0) is 42.2 Å². The Morgan fingerprint density at radius 2 is 1.67 bits per heavy atom. The van der Waals surface area contributed by atoms with Gasteiger partial charge in [0.2, 0.25) is 5.82 Å². The largest absolute Gasteiger partial charge is 0.328 e. The molecule has 36 heavy (non-hydrogen) atoms. The summed E-state index contributed by atoms with van der Waals surface area (Å²) in [6, 6.07) is 22.2. The molecule has 5 rings (SSSR count). The maximum atomic E-state index is 13.5. The molecular weight excluding hydrogens is 450 g/mol. The molecule has 8 heteroatoms. The number of hydrogen-bond acceptors (Lipinski definition) is 5. The summed E-state index contributed by atoms with van der Waals surface area (Å²) in [4.78, 5) is 18.2. The molecule has 0 radical (unpaired) electrons. The number of hydrogen-bond donors (Lipinski definition) is 1. The van der Waals surface area contributed by atoms with Gasteiger partial charge in [-0.1, -0.05) is 74.0 Å². The van der Waals surface area contributed by atoms with E-state index in [9.17, 15) is 4.79 Å². The third-order valence-corrected chi connectivity index (χ3v) is 6.53. The minimum atomic E-state index is 0.0280. The Morgan fingerprint density at radius 3 is 2.36 bits per heavy atom. The number of tetrazole rings is 1. The van der Waals surface area contributed by atoms with Crippen molar-refractivity contribution >= 4 is 0 Å². The Labute approximate surface area is 209 Å². The Balaban J connectivity index is 1.41. The van der Waals surface area contributed by atoms with Gasteiger partial charge in [-0.15, -0.1) is 10.2 Å². The van der Waals surface area contributed by atoms with E-state index >= 15 is 0 Å². The molecule has 0 unspecified atom stereocenters. The Bertz CT molecular complexity index is 1480. The molecule has 1 N–H and O–H groups in total. The predicted molar refractivity (Wildman–Crippen MR) is 140 cm³/mol. The van der Waals surface area contributed by atoms with Crippen LogP contribution < -0.4 is 5.69 Å². The summed E-state index contributed by atoms with van der Waals surface area (Å²) in [5, 5.41) is 14.4. The normalized spacial score (nSPS) is 11.2. The van der Waals surface area contributed by atoms with E-state index in [4.69, 9.17) is 4.98 Å². The van der Waals surface area contributed by atoms with E-state index in [0.717, 1.165) is 53.0 Å². The van der Waals surface area contributed by atoms with E-state index in [0.29, 0.717) is 18.9 Å². The molecule has 0 aliphatic heterocycles. The lowest BCUT2D eigenvalue weighted by molar-refractivity contribution is 0.618. The molecule has 0 saturated heterocycles. The van der Waals surface area contributed by atoms with Gasteiger partial charge in [0.05, 0.1) is 12.2 Å². The number of nitrogens with zero attached hydrogens (tertiary/aromatic N) is 6. The Hall–Kier alpha value is -4.33. The van der Waals surface area contributed by atoms with Crippen LogP contribution in [0.5, 0.6) is 0 Å². The molecular formula is C28H29N7O. The van der Waals surface area contributed by atoms with Crippen molar-refractivity contribution in [2.75, 3.05) is 0 Å². The van der Waals surface area contributed by atoms with Gasteiger partial charge in [0, 0.05) is 35.3 Å². The van der Waals surface area contributed by atoms with Crippen LogP contribution in [-0.4, -0.2) is 34.7 Å².